The molecule has 0 aliphatic rings. The standard InChI is InChI=1S/C15H23NO2/c1-12(2)9-10-16-14(15(17)18-3)11-13-7-5-4-6-8-13/h4-8,12,14,16H,9-11H2,1-3H3. The molecule has 0 spiro atoms. The summed E-state index contributed by atoms with van der Waals surface area (Å²) in [5, 5.41) is 3.28. The summed E-state index contributed by atoms with van der Waals surface area (Å²) in [6.07, 6.45) is 1.73. The number of hydrogen-bond donors (Lipinski definition) is 1. The maximum Gasteiger partial charge on any atom is 0.323 e. The van der Waals surface area contributed by atoms with Gasteiger partial charge in [-0.25, -0.2) is 0 Å². The molecule has 3 nitrogen and oxygen atoms in total. The van der Waals surface area contributed by atoms with Crippen molar-refractivity contribution in [1.82, 2.24) is 5.32 Å². The molecule has 0 aliphatic carbocycles. The second-order valence-electron chi connectivity index (χ2n) is 4.90. The normalized spacial score (nSPS) is 12.4. The van der Waals surface area contributed by atoms with Gasteiger partial charge in [0.25, 0.3) is 0 Å². The molecule has 1 N–H and O–H groups in total. The van der Waals surface area contributed by atoms with Crippen LogP contribution in [-0.4, -0.2) is 25.7 Å². The lowest BCUT2D eigenvalue weighted by Crippen LogP contribution is -2.40. The Balaban J connectivity index is 2.53. The first-order chi connectivity index (χ1) is 8.63. The summed E-state index contributed by atoms with van der Waals surface area (Å²) in [6.45, 7) is 5.18. The van der Waals surface area contributed by atoms with Crippen molar-refractivity contribution < 1.29 is 9.53 Å². The van der Waals surface area contributed by atoms with Gasteiger partial charge in [-0.3, -0.25) is 4.79 Å². The molecule has 1 atom stereocenters. The van der Waals surface area contributed by atoms with Crippen molar-refractivity contribution in [2.24, 2.45) is 5.92 Å². The fraction of sp³-hybridized carbons (Fsp3) is 0.533. The second-order valence-corrected chi connectivity index (χ2v) is 4.90. The van der Waals surface area contributed by atoms with Crippen LogP contribution in [0.2, 0.25) is 0 Å². The van der Waals surface area contributed by atoms with Crippen LogP contribution in [0.5, 0.6) is 0 Å². The summed E-state index contributed by atoms with van der Waals surface area (Å²) in [7, 11) is 1.43. The largest absolute Gasteiger partial charge is 0.468 e. The number of nitrogens with one attached hydrogen (secondary N) is 1. The van der Waals surface area contributed by atoms with Crippen LogP contribution in [0.1, 0.15) is 25.8 Å². The average molecular weight is 249 g/mol. The van der Waals surface area contributed by atoms with E-state index in [9.17, 15) is 4.79 Å². The van der Waals surface area contributed by atoms with Crippen molar-refractivity contribution in [2.45, 2.75) is 32.7 Å². The van der Waals surface area contributed by atoms with E-state index >= 15 is 0 Å². The molecule has 0 heterocycles. The second kappa shape index (κ2) is 7.88. The fourth-order valence-corrected chi connectivity index (χ4v) is 1.78. The van der Waals surface area contributed by atoms with Crippen LogP contribution in [0.4, 0.5) is 0 Å². The smallest absolute Gasteiger partial charge is 0.323 e. The molecule has 0 aromatic heterocycles. The summed E-state index contributed by atoms with van der Waals surface area (Å²) in [5.74, 6) is 0.440. The Morgan fingerprint density at radius 1 is 1.28 bits per heavy atom. The van der Waals surface area contributed by atoms with Gasteiger partial charge in [0.05, 0.1) is 7.11 Å². The van der Waals surface area contributed by atoms with Gasteiger partial charge in [0.15, 0.2) is 0 Å². The maximum atomic E-state index is 11.7. The number of hydrogen-bond acceptors (Lipinski definition) is 3. The highest BCUT2D eigenvalue weighted by Crippen LogP contribution is 2.05. The van der Waals surface area contributed by atoms with Gasteiger partial charge in [0.2, 0.25) is 0 Å². The minimum absolute atomic E-state index is 0.192. The van der Waals surface area contributed by atoms with Crippen molar-refractivity contribution in [3.8, 4) is 0 Å². The summed E-state index contributed by atoms with van der Waals surface area (Å²) in [6, 6.07) is 9.74. The van der Waals surface area contributed by atoms with Crippen molar-refractivity contribution in [3.63, 3.8) is 0 Å². The van der Waals surface area contributed by atoms with Gasteiger partial charge >= 0.3 is 5.97 Å². The Hall–Kier alpha value is -1.35. The predicted molar refractivity (Wildman–Crippen MR) is 73.4 cm³/mol. The number of ether oxygens (including phenoxy) is 1. The number of rotatable bonds is 7. The van der Waals surface area contributed by atoms with Gasteiger partial charge in [0.1, 0.15) is 6.04 Å². The first kappa shape index (κ1) is 14.7. The quantitative estimate of drug-likeness (QED) is 0.754. The van der Waals surface area contributed by atoms with Crippen LogP contribution >= 0.6 is 0 Å². The van der Waals surface area contributed by atoms with Crippen LogP contribution in [0.15, 0.2) is 30.3 Å². The van der Waals surface area contributed by atoms with Gasteiger partial charge < -0.3 is 10.1 Å². The van der Waals surface area contributed by atoms with E-state index < -0.39 is 0 Å². The maximum absolute atomic E-state index is 11.7. The average Bonchev–Trinajstić information content (AvgIpc) is 2.37. The minimum atomic E-state index is -0.254. The fourth-order valence-electron chi connectivity index (χ4n) is 1.78. The lowest BCUT2D eigenvalue weighted by molar-refractivity contribution is -0.143. The van der Waals surface area contributed by atoms with Crippen molar-refractivity contribution in [2.75, 3.05) is 13.7 Å². The molecule has 0 fully saturated rings. The number of carbonyl (C=O) groups is 1. The Bertz CT molecular complexity index is 349. The van der Waals surface area contributed by atoms with E-state index in [0.717, 1.165) is 18.5 Å². The molecular formula is C15H23NO2. The summed E-state index contributed by atoms with van der Waals surface area (Å²) < 4.78 is 4.84. The van der Waals surface area contributed by atoms with E-state index in [4.69, 9.17) is 4.74 Å². The van der Waals surface area contributed by atoms with E-state index in [1.54, 1.807) is 0 Å². The highest BCUT2D eigenvalue weighted by atomic mass is 16.5. The molecule has 0 saturated heterocycles. The number of benzene rings is 1. The van der Waals surface area contributed by atoms with E-state index in [0.29, 0.717) is 12.3 Å². The molecule has 0 aliphatic heterocycles. The van der Waals surface area contributed by atoms with Crippen LogP contribution in [-0.2, 0) is 16.0 Å². The first-order valence-corrected chi connectivity index (χ1v) is 6.48. The summed E-state index contributed by atoms with van der Waals surface area (Å²) in [5.41, 5.74) is 1.14. The zero-order valence-corrected chi connectivity index (χ0v) is 11.5. The van der Waals surface area contributed by atoms with Gasteiger partial charge in [0, 0.05) is 0 Å². The Morgan fingerprint density at radius 3 is 2.50 bits per heavy atom. The van der Waals surface area contributed by atoms with Crippen LogP contribution < -0.4 is 5.32 Å². The molecule has 100 valence electrons. The molecule has 3 heteroatoms. The molecule has 0 bridgehead atoms. The third kappa shape index (κ3) is 5.32. The van der Waals surface area contributed by atoms with E-state index in [1.165, 1.54) is 7.11 Å². The summed E-state index contributed by atoms with van der Waals surface area (Å²) >= 11 is 0. The molecule has 1 unspecified atom stereocenters. The SMILES string of the molecule is COC(=O)C(Cc1ccccc1)NCCC(C)C. The van der Waals surface area contributed by atoms with Gasteiger partial charge in [-0.1, -0.05) is 44.2 Å². The summed E-state index contributed by atoms with van der Waals surface area (Å²) in [4.78, 5) is 11.7. The van der Waals surface area contributed by atoms with Gasteiger partial charge in [-0.2, -0.15) is 0 Å². The molecule has 0 radical (unpaired) electrons. The lowest BCUT2D eigenvalue weighted by atomic mass is 10.1. The zero-order valence-electron chi connectivity index (χ0n) is 11.5. The van der Waals surface area contributed by atoms with Crippen molar-refractivity contribution >= 4 is 5.97 Å². The highest BCUT2D eigenvalue weighted by Gasteiger charge is 2.18. The van der Waals surface area contributed by atoms with E-state index in [-0.39, 0.29) is 12.0 Å². The van der Waals surface area contributed by atoms with Crippen molar-refractivity contribution in [1.29, 1.82) is 0 Å². The molecule has 0 amide bonds. The van der Waals surface area contributed by atoms with Gasteiger partial charge in [-0.15, -0.1) is 0 Å². The number of carbonyl (C=O) groups excluding carboxylic acids is 1. The predicted octanol–water partition coefficient (Wildman–Crippen LogP) is 2.41. The van der Waals surface area contributed by atoms with E-state index in [1.807, 2.05) is 30.3 Å². The van der Waals surface area contributed by atoms with Crippen LogP contribution in [0, 0.1) is 5.92 Å². The number of esters is 1. The topological polar surface area (TPSA) is 38.3 Å². The lowest BCUT2D eigenvalue weighted by Gasteiger charge is -2.17. The zero-order chi connectivity index (χ0) is 13.4. The van der Waals surface area contributed by atoms with Crippen LogP contribution in [0.3, 0.4) is 0 Å². The minimum Gasteiger partial charge on any atom is -0.468 e. The Kier molecular flexibility index (Phi) is 6.44. The molecule has 1 rings (SSSR count). The van der Waals surface area contributed by atoms with Gasteiger partial charge in [-0.05, 0) is 30.9 Å². The molecule has 1 aromatic rings. The monoisotopic (exact) mass is 249 g/mol. The number of methoxy groups -OCH3 is 1. The highest BCUT2D eigenvalue weighted by molar-refractivity contribution is 5.76. The van der Waals surface area contributed by atoms with Crippen molar-refractivity contribution in [3.05, 3.63) is 35.9 Å². The van der Waals surface area contributed by atoms with Crippen LogP contribution in [0.25, 0.3) is 0 Å². The third-order valence-corrected chi connectivity index (χ3v) is 2.88. The molecule has 0 saturated carbocycles. The van der Waals surface area contributed by atoms with E-state index in [2.05, 4.69) is 19.2 Å². The molecule has 1 aromatic carbocycles. The third-order valence-electron chi connectivity index (χ3n) is 2.88. The Labute approximate surface area is 110 Å². The first-order valence-electron chi connectivity index (χ1n) is 6.48. The molecular weight excluding hydrogens is 226 g/mol. The Morgan fingerprint density at radius 2 is 1.94 bits per heavy atom. The molecule has 18 heavy (non-hydrogen) atoms.